The van der Waals surface area contributed by atoms with Gasteiger partial charge in [0, 0.05) is 31.3 Å². The van der Waals surface area contributed by atoms with Crippen LogP contribution in [0.25, 0.3) is 0 Å². The second kappa shape index (κ2) is 7.11. The molecule has 0 aliphatic carbocycles. The number of nitrogens with one attached hydrogen (secondary N) is 1. The first-order valence-corrected chi connectivity index (χ1v) is 7.44. The first-order chi connectivity index (χ1) is 10.1. The van der Waals surface area contributed by atoms with Gasteiger partial charge in [-0.15, -0.1) is 0 Å². The zero-order valence-corrected chi connectivity index (χ0v) is 13.3. The molecular weight excluding hydrogens is 264 g/mol. The summed E-state index contributed by atoms with van der Waals surface area (Å²) in [6.07, 6.45) is 6.16. The van der Waals surface area contributed by atoms with E-state index >= 15 is 0 Å². The zero-order chi connectivity index (χ0) is 15.2. The maximum atomic E-state index is 5.13. The highest BCUT2D eigenvalue weighted by Crippen LogP contribution is 2.30. The van der Waals surface area contributed by atoms with Crippen molar-refractivity contribution in [1.82, 2.24) is 9.97 Å². The largest absolute Gasteiger partial charge is 0.472 e. The van der Waals surface area contributed by atoms with E-state index in [0.717, 1.165) is 42.3 Å². The highest BCUT2D eigenvalue weighted by molar-refractivity contribution is 5.60. The van der Waals surface area contributed by atoms with E-state index in [1.165, 1.54) is 0 Å². The fourth-order valence-corrected chi connectivity index (χ4v) is 2.34. The Morgan fingerprint density at radius 2 is 2.14 bits per heavy atom. The van der Waals surface area contributed by atoms with Crippen molar-refractivity contribution in [1.29, 1.82) is 0 Å². The van der Waals surface area contributed by atoms with E-state index in [-0.39, 0.29) is 0 Å². The maximum absolute atomic E-state index is 5.13. The lowest BCUT2D eigenvalue weighted by atomic mass is 10.0. The molecule has 5 nitrogen and oxygen atoms in total. The van der Waals surface area contributed by atoms with Gasteiger partial charge in [-0.25, -0.2) is 9.97 Å². The van der Waals surface area contributed by atoms with Crippen LogP contribution in [0.1, 0.15) is 44.2 Å². The van der Waals surface area contributed by atoms with Crippen LogP contribution in [0.2, 0.25) is 0 Å². The highest BCUT2D eigenvalue weighted by Gasteiger charge is 2.18. The van der Waals surface area contributed by atoms with Crippen LogP contribution in [0.4, 0.5) is 11.6 Å². The van der Waals surface area contributed by atoms with Crippen LogP contribution in [0.15, 0.2) is 29.3 Å². The normalized spacial score (nSPS) is 10.9. The number of aromatic nitrogens is 2. The maximum Gasteiger partial charge on any atom is 0.137 e. The van der Waals surface area contributed by atoms with Gasteiger partial charge in [-0.3, -0.25) is 0 Å². The molecule has 1 N–H and O–H groups in total. The van der Waals surface area contributed by atoms with Crippen molar-refractivity contribution in [2.75, 3.05) is 23.8 Å². The molecule has 0 saturated heterocycles. The third-order valence-electron chi connectivity index (χ3n) is 3.34. The summed E-state index contributed by atoms with van der Waals surface area (Å²) in [4.78, 5) is 11.0. The summed E-state index contributed by atoms with van der Waals surface area (Å²) in [5.74, 6) is 2.27. The minimum atomic E-state index is 0.354. The highest BCUT2D eigenvalue weighted by atomic mass is 16.3. The third kappa shape index (κ3) is 3.74. The van der Waals surface area contributed by atoms with Crippen molar-refractivity contribution in [3.05, 3.63) is 36.0 Å². The van der Waals surface area contributed by atoms with E-state index in [1.807, 2.05) is 13.1 Å². The molecule has 0 atom stereocenters. The van der Waals surface area contributed by atoms with Crippen molar-refractivity contribution in [2.45, 2.75) is 39.7 Å². The van der Waals surface area contributed by atoms with E-state index in [1.54, 1.807) is 18.9 Å². The number of hydrogen-bond acceptors (Lipinski definition) is 5. The van der Waals surface area contributed by atoms with Gasteiger partial charge in [-0.05, 0) is 18.4 Å². The Labute approximate surface area is 126 Å². The topological polar surface area (TPSA) is 54.2 Å². The van der Waals surface area contributed by atoms with Crippen molar-refractivity contribution in [3.63, 3.8) is 0 Å². The van der Waals surface area contributed by atoms with E-state index < -0.39 is 0 Å². The van der Waals surface area contributed by atoms with Crippen LogP contribution in [-0.4, -0.2) is 23.6 Å². The fourth-order valence-electron chi connectivity index (χ4n) is 2.34. The van der Waals surface area contributed by atoms with Crippen LogP contribution in [0, 0.1) is 0 Å². The van der Waals surface area contributed by atoms with Gasteiger partial charge >= 0.3 is 0 Å². The van der Waals surface area contributed by atoms with Gasteiger partial charge in [0.15, 0.2) is 0 Å². The summed E-state index contributed by atoms with van der Waals surface area (Å²) in [6.45, 7) is 8.17. The van der Waals surface area contributed by atoms with Gasteiger partial charge in [0.05, 0.1) is 12.5 Å². The van der Waals surface area contributed by atoms with Crippen molar-refractivity contribution in [3.8, 4) is 0 Å². The Balaban J connectivity index is 2.28. The first-order valence-electron chi connectivity index (χ1n) is 7.44. The summed E-state index contributed by atoms with van der Waals surface area (Å²) < 4.78 is 5.13. The van der Waals surface area contributed by atoms with E-state index in [0.29, 0.717) is 5.92 Å². The molecule has 0 saturated carbocycles. The molecule has 2 aromatic rings. The van der Waals surface area contributed by atoms with Gasteiger partial charge < -0.3 is 14.6 Å². The van der Waals surface area contributed by atoms with E-state index in [4.69, 9.17) is 4.42 Å². The number of hydrogen-bond donors (Lipinski definition) is 1. The molecule has 2 rings (SSSR count). The van der Waals surface area contributed by atoms with Crippen LogP contribution < -0.4 is 10.2 Å². The summed E-state index contributed by atoms with van der Waals surface area (Å²) in [5.41, 5.74) is 2.30. The van der Waals surface area contributed by atoms with Gasteiger partial charge in [0.1, 0.15) is 18.0 Å². The summed E-state index contributed by atoms with van der Waals surface area (Å²) in [5, 5.41) is 3.40. The molecule has 0 aromatic carbocycles. The second-order valence-corrected chi connectivity index (χ2v) is 5.53. The molecule has 0 radical (unpaired) electrons. The third-order valence-corrected chi connectivity index (χ3v) is 3.34. The van der Waals surface area contributed by atoms with Crippen molar-refractivity contribution < 1.29 is 4.42 Å². The number of nitrogens with zero attached hydrogens (tertiary/aromatic N) is 3. The molecule has 2 heterocycles. The number of rotatable bonds is 7. The van der Waals surface area contributed by atoms with Crippen LogP contribution >= 0.6 is 0 Å². The molecule has 0 bridgehead atoms. The molecule has 0 unspecified atom stereocenters. The molecule has 0 aliphatic heterocycles. The van der Waals surface area contributed by atoms with Gasteiger partial charge in [-0.2, -0.15) is 0 Å². The van der Waals surface area contributed by atoms with Crippen LogP contribution in [0.5, 0.6) is 0 Å². The minimum absolute atomic E-state index is 0.354. The SMILES string of the molecule is CCCNc1ncnc(N(C)Cc2ccoc2)c1C(C)C. The van der Waals surface area contributed by atoms with Crippen molar-refractivity contribution >= 4 is 11.6 Å². The standard InChI is InChI=1S/C16H24N4O/c1-5-7-17-15-14(12(2)3)16(19-11-18-15)20(4)9-13-6-8-21-10-13/h6,8,10-12H,5,7,9H2,1-4H3,(H,17,18,19). The lowest BCUT2D eigenvalue weighted by Gasteiger charge is -2.24. The van der Waals surface area contributed by atoms with Crippen molar-refractivity contribution in [2.24, 2.45) is 0 Å². The second-order valence-electron chi connectivity index (χ2n) is 5.53. The van der Waals surface area contributed by atoms with E-state index in [9.17, 15) is 0 Å². The number of anilines is 2. The molecule has 5 heteroatoms. The van der Waals surface area contributed by atoms with Gasteiger partial charge in [0.25, 0.3) is 0 Å². The monoisotopic (exact) mass is 288 g/mol. The molecule has 2 aromatic heterocycles. The Hall–Kier alpha value is -2.04. The Morgan fingerprint density at radius 1 is 1.33 bits per heavy atom. The zero-order valence-electron chi connectivity index (χ0n) is 13.3. The molecule has 0 amide bonds. The van der Waals surface area contributed by atoms with Crippen LogP contribution in [0.3, 0.4) is 0 Å². The lowest BCUT2D eigenvalue weighted by Crippen LogP contribution is -2.21. The van der Waals surface area contributed by atoms with Crippen LogP contribution in [-0.2, 0) is 6.54 Å². The predicted molar refractivity (Wildman–Crippen MR) is 85.7 cm³/mol. The molecule has 0 spiro atoms. The minimum Gasteiger partial charge on any atom is -0.472 e. The summed E-state index contributed by atoms with van der Waals surface area (Å²) >= 11 is 0. The van der Waals surface area contributed by atoms with E-state index in [2.05, 4.69) is 41.0 Å². The lowest BCUT2D eigenvalue weighted by molar-refractivity contribution is 0.563. The Morgan fingerprint density at radius 3 is 2.76 bits per heavy atom. The predicted octanol–water partition coefficient (Wildman–Crippen LogP) is 3.65. The molecule has 21 heavy (non-hydrogen) atoms. The summed E-state index contributed by atoms with van der Waals surface area (Å²) in [6, 6.07) is 1.98. The summed E-state index contributed by atoms with van der Waals surface area (Å²) in [7, 11) is 2.05. The fraction of sp³-hybridized carbons (Fsp3) is 0.500. The first kappa shape index (κ1) is 15.4. The smallest absolute Gasteiger partial charge is 0.137 e. The average molecular weight is 288 g/mol. The molecule has 0 aliphatic rings. The number of furan rings is 1. The molecular formula is C16H24N4O. The van der Waals surface area contributed by atoms with Gasteiger partial charge in [0.2, 0.25) is 0 Å². The quantitative estimate of drug-likeness (QED) is 0.842. The molecule has 0 fully saturated rings. The molecule has 114 valence electrons. The van der Waals surface area contributed by atoms with Gasteiger partial charge in [-0.1, -0.05) is 20.8 Å². The Bertz CT molecular complexity index is 551. The Kier molecular flexibility index (Phi) is 5.20. The average Bonchev–Trinajstić information content (AvgIpc) is 2.97.